The van der Waals surface area contributed by atoms with E-state index in [1.807, 2.05) is 32.0 Å². The zero-order valence-corrected chi connectivity index (χ0v) is 18.0. The molecule has 0 radical (unpaired) electrons. The van der Waals surface area contributed by atoms with Crippen molar-refractivity contribution in [1.82, 2.24) is 4.90 Å². The monoisotopic (exact) mass is 431 g/mol. The molecule has 3 rings (SSSR count). The van der Waals surface area contributed by atoms with Gasteiger partial charge >= 0.3 is 5.97 Å². The summed E-state index contributed by atoms with van der Waals surface area (Å²) in [5, 5.41) is 0.264. The molecule has 0 N–H and O–H groups in total. The second kappa shape index (κ2) is 10.3. The van der Waals surface area contributed by atoms with E-state index in [2.05, 4.69) is 6.07 Å². The lowest BCUT2D eigenvalue weighted by atomic mass is 10.00. The van der Waals surface area contributed by atoms with Crippen molar-refractivity contribution >= 4 is 23.5 Å². The van der Waals surface area contributed by atoms with Crippen molar-refractivity contribution in [2.75, 3.05) is 26.4 Å². The van der Waals surface area contributed by atoms with Crippen LogP contribution in [0, 0.1) is 0 Å². The van der Waals surface area contributed by atoms with E-state index >= 15 is 0 Å². The van der Waals surface area contributed by atoms with Crippen LogP contribution < -0.4 is 9.47 Å². The van der Waals surface area contributed by atoms with Gasteiger partial charge in [0.1, 0.15) is 0 Å². The van der Waals surface area contributed by atoms with Crippen LogP contribution >= 0.6 is 11.6 Å². The predicted molar refractivity (Wildman–Crippen MR) is 114 cm³/mol. The van der Waals surface area contributed by atoms with Gasteiger partial charge < -0.3 is 19.1 Å². The molecule has 1 amide bonds. The summed E-state index contributed by atoms with van der Waals surface area (Å²) in [6.07, 6.45) is 1.61. The molecule has 7 heteroatoms. The summed E-state index contributed by atoms with van der Waals surface area (Å²) in [6, 6.07) is 11.0. The summed E-state index contributed by atoms with van der Waals surface area (Å²) >= 11 is 6.29. The van der Waals surface area contributed by atoms with Crippen molar-refractivity contribution in [2.45, 2.75) is 33.2 Å². The molecule has 0 saturated heterocycles. The molecule has 0 aromatic heterocycles. The third-order valence-corrected chi connectivity index (χ3v) is 5.09. The Bertz CT molecular complexity index is 914. The van der Waals surface area contributed by atoms with Crippen LogP contribution in [0.5, 0.6) is 11.5 Å². The lowest BCUT2D eigenvalue weighted by Gasteiger charge is -2.28. The van der Waals surface area contributed by atoms with Gasteiger partial charge in [-0.1, -0.05) is 42.8 Å². The number of rotatable bonds is 8. The van der Waals surface area contributed by atoms with Crippen molar-refractivity contribution < 1.29 is 23.8 Å². The highest BCUT2D eigenvalue weighted by Crippen LogP contribution is 2.37. The number of nitrogens with zero attached hydrogens (tertiary/aromatic N) is 1. The Hall–Kier alpha value is -2.73. The maximum absolute atomic E-state index is 12.5. The van der Waals surface area contributed by atoms with Gasteiger partial charge in [0, 0.05) is 13.1 Å². The van der Waals surface area contributed by atoms with Crippen LogP contribution in [0.2, 0.25) is 5.02 Å². The molecule has 30 heavy (non-hydrogen) atoms. The Balaban J connectivity index is 1.63. The standard InChI is InChI=1S/C23H26ClNO5/c1-3-11-29-22-19(24)12-18(13-20(22)28-4-2)23(27)30-15-21(26)25-10-9-16-7-5-6-8-17(16)14-25/h5-8,12-13H,3-4,9-11,14-15H2,1-2H3. The molecule has 1 aliphatic heterocycles. The van der Waals surface area contributed by atoms with E-state index in [-0.39, 0.29) is 23.1 Å². The highest BCUT2D eigenvalue weighted by molar-refractivity contribution is 6.32. The summed E-state index contributed by atoms with van der Waals surface area (Å²) in [6.45, 7) is 5.50. The van der Waals surface area contributed by atoms with E-state index in [9.17, 15) is 9.59 Å². The van der Waals surface area contributed by atoms with E-state index in [1.165, 1.54) is 17.7 Å². The van der Waals surface area contributed by atoms with Gasteiger partial charge in [-0.25, -0.2) is 4.79 Å². The van der Waals surface area contributed by atoms with Crippen molar-refractivity contribution in [1.29, 1.82) is 0 Å². The first-order valence-electron chi connectivity index (χ1n) is 10.1. The SMILES string of the molecule is CCCOc1c(Cl)cc(C(=O)OCC(=O)N2CCc3ccccc3C2)cc1OCC. The largest absolute Gasteiger partial charge is 0.490 e. The second-order valence-corrected chi connectivity index (χ2v) is 7.38. The summed E-state index contributed by atoms with van der Waals surface area (Å²) < 4.78 is 16.5. The average Bonchev–Trinajstić information content (AvgIpc) is 2.76. The van der Waals surface area contributed by atoms with Gasteiger partial charge in [0.2, 0.25) is 0 Å². The predicted octanol–water partition coefficient (Wildman–Crippen LogP) is 4.27. The number of fused-ring (bicyclic) bond motifs is 1. The number of carbonyl (C=O) groups excluding carboxylic acids is 2. The molecule has 160 valence electrons. The maximum atomic E-state index is 12.5. The van der Waals surface area contributed by atoms with E-state index in [0.29, 0.717) is 37.8 Å². The Morgan fingerprint density at radius 1 is 1.10 bits per heavy atom. The van der Waals surface area contributed by atoms with Gasteiger partial charge in [0.25, 0.3) is 5.91 Å². The van der Waals surface area contributed by atoms with Crippen LogP contribution in [-0.2, 0) is 22.5 Å². The Morgan fingerprint density at radius 2 is 1.87 bits per heavy atom. The number of ether oxygens (including phenoxy) is 3. The second-order valence-electron chi connectivity index (χ2n) is 6.98. The van der Waals surface area contributed by atoms with E-state index < -0.39 is 5.97 Å². The molecule has 2 aromatic carbocycles. The first-order chi connectivity index (χ1) is 14.5. The fourth-order valence-corrected chi connectivity index (χ4v) is 3.57. The fraction of sp³-hybridized carbons (Fsp3) is 0.391. The lowest BCUT2D eigenvalue weighted by Crippen LogP contribution is -2.38. The molecule has 6 nitrogen and oxygen atoms in total. The van der Waals surface area contributed by atoms with E-state index in [0.717, 1.165) is 18.4 Å². The van der Waals surface area contributed by atoms with Crippen molar-refractivity contribution in [3.63, 3.8) is 0 Å². The topological polar surface area (TPSA) is 65.1 Å². The smallest absolute Gasteiger partial charge is 0.338 e. The highest BCUT2D eigenvalue weighted by Gasteiger charge is 2.23. The number of hydrogen-bond acceptors (Lipinski definition) is 5. The van der Waals surface area contributed by atoms with Gasteiger partial charge in [0.15, 0.2) is 18.1 Å². The van der Waals surface area contributed by atoms with Crippen molar-refractivity contribution in [3.8, 4) is 11.5 Å². The van der Waals surface area contributed by atoms with Crippen molar-refractivity contribution in [2.24, 2.45) is 0 Å². The van der Waals surface area contributed by atoms with Gasteiger partial charge in [-0.15, -0.1) is 0 Å². The summed E-state index contributed by atoms with van der Waals surface area (Å²) in [5.74, 6) is -0.0770. The minimum Gasteiger partial charge on any atom is -0.490 e. The molecule has 2 aromatic rings. The number of esters is 1. The summed E-state index contributed by atoms with van der Waals surface area (Å²) in [4.78, 5) is 26.8. The third-order valence-electron chi connectivity index (χ3n) is 4.81. The summed E-state index contributed by atoms with van der Waals surface area (Å²) in [5.41, 5.74) is 2.59. The molecule has 0 fully saturated rings. The van der Waals surface area contributed by atoms with Crippen LogP contribution in [0.3, 0.4) is 0 Å². The number of benzene rings is 2. The molecule has 1 aliphatic rings. The van der Waals surface area contributed by atoms with Gasteiger partial charge in [-0.3, -0.25) is 4.79 Å². The number of amides is 1. The van der Waals surface area contributed by atoms with Crippen LogP contribution in [0.4, 0.5) is 0 Å². The summed E-state index contributed by atoms with van der Waals surface area (Å²) in [7, 11) is 0. The normalized spacial score (nSPS) is 12.8. The first-order valence-corrected chi connectivity index (χ1v) is 10.5. The molecule has 0 spiro atoms. The quantitative estimate of drug-likeness (QED) is 0.584. The van der Waals surface area contributed by atoms with Crippen LogP contribution in [0.1, 0.15) is 41.8 Å². The Labute approximate surface area is 181 Å². The lowest BCUT2D eigenvalue weighted by molar-refractivity contribution is -0.135. The van der Waals surface area contributed by atoms with Crippen molar-refractivity contribution in [3.05, 3.63) is 58.1 Å². The number of hydrogen-bond donors (Lipinski definition) is 0. The van der Waals surface area contributed by atoms with Gasteiger partial charge in [0.05, 0.1) is 23.8 Å². The molecule has 0 aliphatic carbocycles. The zero-order chi connectivity index (χ0) is 21.5. The minimum atomic E-state index is -0.634. The van der Waals surface area contributed by atoms with E-state index in [1.54, 1.807) is 4.90 Å². The number of carbonyl (C=O) groups is 2. The molecule has 0 atom stereocenters. The maximum Gasteiger partial charge on any atom is 0.338 e. The molecule has 1 heterocycles. The first kappa shape index (κ1) is 22.0. The van der Waals surface area contributed by atoms with Crippen LogP contribution in [0.25, 0.3) is 0 Å². The Morgan fingerprint density at radius 3 is 2.60 bits per heavy atom. The third kappa shape index (κ3) is 5.25. The minimum absolute atomic E-state index is 0.212. The molecule has 0 saturated carbocycles. The van der Waals surface area contributed by atoms with Crippen LogP contribution in [-0.4, -0.2) is 43.1 Å². The van der Waals surface area contributed by atoms with Crippen LogP contribution in [0.15, 0.2) is 36.4 Å². The van der Waals surface area contributed by atoms with E-state index in [4.69, 9.17) is 25.8 Å². The molecule has 0 bridgehead atoms. The average molecular weight is 432 g/mol. The Kier molecular flexibility index (Phi) is 7.57. The molecular formula is C23H26ClNO5. The highest BCUT2D eigenvalue weighted by atomic mass is 35.5. The molecule has 0 unspecified atom stereocenters. The van der Waals surface area contributed by atoms with Gasteiger partial charge in [-0.05, 0) is 43.0 Å². The molecular weight excluding hydrogens is 406 g/mol. The van der Waals surface area contributed by atoms with Gasteiger partial charge in [-0.2, -0.15) is 0 Å². The number of halogens is 1. The fourth-order valence-electron chi connectivity index (χ4n) is 3.30. The zero-order valence-electron chi connectivity index (χ0n) is 17.3.